The normalized spacial score (nSPS) is 17.6. The lowest BCUT2D eigenvalue weighted by Crippen LogP contribution is -2.39. The minimum Gasteiger partial charge on any atom is -0.461 e. The molecule has 0 N–H and O–H groups in total. The van der Waals surface area contributed by atoms with Gasteiger partial charge in [0, 0.05) is 42.7 Å². The number of rotatable bonds is 7. The molecule has 1 atom stereocenters. The topological polar surface area (TPSA) is 81.1 Å². The molecule has 0 amide bonds. The maximum absolute atomic E-state index is 13.6. The number of carbonyl (C=O) groups is 2. The number of benzene rings is 1. The number of nitrogens with zero attached hydrogens (tertiary/aromatic N) is 3. The van der Waals surface area contributed by atoms with E-state index < -0.39 is 17.7 Å². The van der Waals surface area contributed by atoms with Crippen LogP contribution in [0.5, 0.6) is 0 Å². The van der Waals surface area contributed by atoms with Gasteiger partial charge in [0.1, 0.15) is 5.69 Å². The van der Waals surface area contributed by atoms with Crippen molar-refractivity contribution in [3.63, 3.8) is 0 Å². The second-order valence-electron chi connectivity index (χ2n) is 12.8. The molecule has 2 aliphatic rings. The van der Waals surface area contributed by atoms with E-state index in [0.29, 0.717) is 17.0 Å². The maximum Gasteiger partial charge on any atom is 0.340 e. The summed E-state index contributed by atoms with van der Waals surface area (Å²) < 4.78 is 12.2. The lowest BCUT2D eigenvalue weighted by molar-refractivity contribution is -0.171. The molecule has 4 rings (SSSR count). The standard InChI is InChI=1S/C32H43N3O4/c1-20(2)38-30(37)29(39-31(4,5)6)26-21(3)34-25(19-36)27(28(26)35-15-12-32(7,8)13-16-35)23-9-10-24-18-33-14-11-22(24)17-23/h9-10,17-20,29H,11-16H2,1-8H3. The Balaban J connectivity index is 2.01. The van der Waals surface area contributed by atoms with Gasteiger partial charge in [-0.05, 0) is 82.9 Å². The molecule has 0 radical (unpaired) electrons. The largest absolute Gasteiger partial charge is 0.461 e. The van der Waals surface area contributed by atoms with E-state index in [2.05, 4.69) is 35.9 Å². The Morgan fingerprint density at radius 1 is 1.15 bits per heavy atom. The smallest absolute Gasteiger partial charge is 0.340 e. The lowest BCUT2D eigenvalue weighted by atomic mass is 9.81. The highest BCUT2D eigenvalue weighted by atomic mass is 16.6. The molecule has 1 aromatic heterocycles. The Morgan fingerprint density at radius 2 is 1.85 bits per heavy atom. The van der Waals surface area contributed by atoms with Crippen LogP contribution in [0.15, 0.2) is 23.2 Å². The number of ether oxygens (including phenoxy) is 2. The number of pyridine rings is 1. The monoisotopic (exact) mass is 533 g/mol. The summed E-state index contributed by atoms with van der Waals surface area (Å²) in [4.78, 5) is 37.7. The van der Waals surface area contributed by atoms with Crippen molar-refractivity contribution in [3.05, 3.63) is 46.3 Å². The summed E-state index contributed by atoms with van der Waals surface area (Å²) in [6.07, 6.45) is 4.27. The molecule has 1 aromatic carbocycles. The first kappa shape index (κ1) is 28.9. The van der Waals surface area contributed by atoms with Crippen LogP contribution in [0.4, 0.5) is 5.69 Å². The molecular formula is C32H43N3O4. The minimum absolute atomic E-state index is 0.218. The van der Waals surface area contributed by atoms with Gasteiger partial charge in [-0.25, -0.2) is 9.78 Å². The van der Waals surface area contributed by atoms with Crippen LogP contribution in [-0.4, -0.2) is 54.8 Å². The van der Waals surface area contributed by atoms with E-state index in [0.717, 1.165) is 67.6 Å². The third kappa shape index (κ3) is 6.57. The van der Waals surface area contributed by atoms with E-state index in [1.54, 1.807) is 0 Å². The second-order valence-corrected chi connectivity index (χ2v) is 12.8. The zero-order chi connectivity index (χ0) is 28.5. The molecule has 0 bridgehead atoms. The molecule has 2 aromatic rings. The predicted octanol–water partition coefficient (Wildman–Crippen LogP) is 6.28. The molecule has 39 heavy (non-hydrogen) atoms. The van der Waals surface area contributed by atoms with Gasteiger partial charge in [0.15, 0.2) is 12.4 Å². The number of aromatic nitrogens is 1. The number of aliphatic imine (C=N–C) groups is 1. The molecule has 1 unspecified atom stereocenters. The Labute approximate surface area is 233 Å². The number of fused-ring (bicyclic) bond motifs is 1. The maximum atomic E-state index is 13.6. The van der Waals surface area contributed by atoms with Crippen molar-refractivity contribution in [3.8, 4) is 11.1 Å². The van der Waals surface area contributed by atoms with Crippen molar-refractivity contribution in [2.45, 2.75) is 92.5 Å². The predicted molar refractivity (Wildman–Crippen MR) is 156 cm³/mol. The van der Waals surface area contributed by atoms with Gasteiger partial charge < -0.3 is 14.4 Å². The molecule has 210 valence electrons. The summed E-state index contributed by atoms with van der Waals surface area (Å²) >= 11 is 0. The van der Waals surface area contributed by atoms with Crippen LogP contribution in [0, 0.1) is 12.3 Å². The first-order chi connectivity index (χ1) is 18.3. The SMILES string of the molecule is Cc1nc(C=O)c(-c2ccc3c(c2)CCN=C3)c(N2CCC(C)(C)CC2)c1C(OC(C)(C)C)C(=O)OC(C)C. The Hall–Kier alpha value is -3.06. The fourth-order valence-corrected chi connectivity index (χ4v) is 5.40. The second kappa shape index (κ2) is 11.2. The van der Waals surface area contributed by atoms with Gasteiger partial charge >= 0.3 is 5.97 Å². The lowest BCUT2D eigenvalue weighted by Gasteiger charge is -2.41. The highest BCUT2D eigenvalue weighted by molar-refractivity contribution is 5.96. The van der Waals surface area contributed by atoms with Crippen molar-refractivity contribution in [1.82, 2.24) is 4.98 Å². The number of piperidine rings is 1. The van der Waals surface area contributed by atoms with Gasteiger partial charge in [0.05, 0.1) is 17.4 Å². The van der Waals surface area contributed by atoms with Crippen molar-refractivity contribution < 1.29 is 19.1 Å². The highest BCUT2D eigenvalue weighted by Crippen LogP contribution is 2.45. The van der Waals surface area contributed by atoms with E-state index in [4.69, 9.17) is 14.5 Å². The number of hydrogen-bond donors (Lipinski definition) is 0. The minimum atomic E-state index is -0.992. The van der Waals surface area contributed by atoms with Crippen LogP contribution in [0.3, 0.4) is 0 Å². The van der Waals surface area contributed by atoms with E-state index in [1.165, 1.54) is 5.56 Å². The van der Waals surface area contributed by atoms with Crippen molar-refractivity contribution >= 4 is 24.2 Å². The van der Waals surface area contributed by atoms with Crippen LogP contribution in [0.25, 0.3) is 11.1 Å². The van der Waals surface area contributed by atoms with E-state index >= 15 is 0 Å². The average Bonchev–Trinajstić information content (AvgIpc) is 2.85. The molecule has 0 aliphatic carbocycles. The van der Waals surface area contributed by atoms with Gasteiger partial charge in [-0.15, -0.1) is 0 Å². The van der Waals surface area contributed by atoms with E-state index in [-0.39, 0.29) is 11.5 Å². The Bertz CT molecular complexity index is 1260. The van der Waals surface area contributed by atoms with Gasteiger partial charge in [-0.2, -0.15) is 0 Å². The summed E-state index contributed by atoms with van der Waals surface area (Å²) in [5.41, 5.74) is 6.02. The zero-order valence-electron chi connectivity index (χ0n) is 24.8. The molecule has 0 saturated carbocycles. The fraction of sp³-hybridized carbons (Fsp3) is 0.562. The first-order valence-corrected chi connectivity index (χ1v) is 14.1. The summed E-state index contributed by atoms with van der Waals surface area (Å²) in [6.45, 7) is 18.2. The Kier molecular flexibility index (Phi) is 8.31. The summed E-state index contributed by atoms with van der Waals surface area (Å²) in [6, 6.07) is 6.23. The van der Waals surface area contributed by atoms with E-state index in [9.17, 15) is 9.59 Å². The molecular weight excluding hydrogens is 490 g/mol. The zero-order valence-corrected chi connectivity index (χ0v) is 24.8. The number of hydrogen-bond acceptors (Lipinski definition) is 7. The van der Waals surface area contributed by atoms with Gasteiger partial charge in [-0.1, -0.05) is 32.0 Å². The van der Waals surface area contributed by atoms with Crippen LogP contribution in [0.1, 0.15) is 100 Å². The van der Waals surface area contributed by atoms with Crippen LogP contribution >= 0.6 is 0 Å². The van der Waals surface area contributed by atoms with Crippen LogP contribution in [-0.2, 0) is 20.7 Å². The molecule has 3 heterocycles. The number of anilines is 1. The summed E-state index contributed by atoms with van der Waals surface area (Å²) in [5.74, 6) is -0.449. The molecule has 2 aliphatic heterocycles. The van der Waals surface area contributed by atoms with Gasteiger partial charge in [0.2, 0.25) is 0 Å². The van der Waals surface area contributed by atoms with Crippen molar-refractivity contribution in [2.24, 2.45) is 10.4 Å². The number of esters is 1. The third-order valence-corrected chi connectivity index (χ3v) is 7.44. The highest BCUT2D eigenvalue weighted by Gasteiger charge is 2.38. The summed E-state index contributed by atoms with van der Waals surface area (Å²) in [7, 11) is 0. The van der Waals surface area contributed by atoms with Gasteiger partial charge in [-0.3, -0.25) is 9.79 Å². The Morgan fingerprint density at radius 3 is 2.46 bits per heavy atom. The fourth-order valence-electron chi connectivity index (χ4n) is 5.40. The van der Waals surface area contributed by atoms with Crippen molar-refractivity contribution in [2.75, 3.05) is 24.5 Å². The van der Waals surface area contributed by atoms with Crippen LogP contribution in [0.2, 0.25) is 0 Å². The van der Waals surface area contributed by atoms with E-state index in [1.807, 2.05) is 53.8 Å². The van der Waals surface area contributed by atoms with Gasteiger partial charge in [0.25, 0.3) is 0 Å². The molecule has 7 nitrogen and oxygen atoms in total. The quantitative estimate of drug-likeness (QED) is 0.308. The number of aldehydes is 1. The molecule has 0 spiro atoms. The van der Waals surface area contributed by atoms with Crippen molar-refractivity contribution in [1.29, 1.82) is 0 Å². The number of aryl methyl sites for hydroxylation is 1. The molecule has 1 fully saturated rings. The average molecular weight is 534 g/mol. The molecule has 1 saturated heterocycles. The summed E-state index contributed by atoms with van der Waals surface area (Å²) in [5, 5.41) is 0. The third-order valence-electron chi connectivity index (χ3n) is 7.44. The molecule has 7 heteroatoms. The van der Waals surface area contributed by atoms with Crippen LogP contribution < -0.4 is 4.90 Å². The number of carbonyl (C=O) groups excluding carboxylic acids is 2. The first-order valence-electron chi connectivity index (χ1n) is 14.1.